The van der Waals surface area contributed by atoms with Crippen LogP contribution < -0.4 is 4.74 Å². The molecule has 1 saturated heterocycles. The Balaban J connectivity index is 1.54. The fourth-order valence-electron chi connectivity index (χ4n) is 7.38. The van der Waals surface area contributed by atoms with Crippen LogP contribution in [0.4, 0.5) is 0 Å². The second-order valence-corrected chi connectivity index (χ2v) is 12.8. The summed E-state index contributed by atoms with van der Waals surface area (Å²) in [5.74, 6) is 0.929. The summed E-state index contributed by atoms with van der Waals surface area (Å²) < 4.78 is 12.0. The predicted octanol–water partition coefficient (Wildman–Crippen LogP) is 6.41. The number of hydrogen-bond acceptors (Lipinski definition) is 5. The lowest BCUT2D eigenvalue weighted by Gasteiger charge is -2.60. The monoisotopic (exact) mass is 562 g/mol. The molecule has 224 valence electrons. The summed E-state index contributed by atoms with van der Waals surface area (Å²) in [6, 6.07) is 18.8. The Hall–Kier alpha value is -2.70. The molecule has 1 amide bonds. The average Bonchev–Trinajstić information content (AvgIpc) is 2.95. The van der Waals surface area contributed by atoms with E-state index >= 15 is 0 Å². The van der Waals surface area contributed by atoms with Crippen LogP contribution in [-0.2, 0) is 26.2 Å². The fraction of sp³-hybridized carbons (Fsp3) is 0.600. The Kier molecular flexibility index (Phi) is 10.6. The zero-order valence-electron chi connectivity index (χ0n) is 25.9. The number of unbranched alkanes of at least 4 members (excludes halogenated alkanes) is 2. The van der Waals surface area contributed by atoms with Gasteiger partial charge in [0.1, 0.15) is 5.75 Å². The molecule has 2 fully saturated rings. The van der Waals surface area contributed by atoms with Crippen LogP contribution in [0, 0.1) is 5.92 Å². The number of likely N-dealkylation sites (tertiary alicyclic amines) is 1. The smallest absolute Gasteiger partial charge is 0.308 e. The van der Waals surface area contributed by atoms with E-state index in [1.165, 1.54) is 12.5 Å². The molecule has 2 aliphatic rings. The molecular weight excluding hydrogens is 512 g/mol. The number of ether oxygens (including phenoxy) is 2. The Labute approximate surface area is 247 Å². The average molecular weight is 563 g/mol. The first-order chi connectivity index (χ1) is 19.7. The quantitative estimate of drug-likeness (QED) is 0.170. The molecule has 0 spiro atoms. The number of likely N-dealkylation sites (N-methyl/N-ethyl adjacent to an activating group) is 1. The number of esters is 1. The number of fused-ring (bicyclic) bond motifs is 1. The summed E-state index contributed by atoms with van der Waals surface area (Å²) in [5, 5.41) is 0. The van der Waals surface area contributed by atoms with Crippen molar-refractivity contribution in [2.45, 2.75) is 95.6 Å². The minimum Gasteiger partial charge on any atom is -0.427 e. The molecule has 0 unspecified atom stereocenters. The first kappa shape index (κ1) is 31.2. The van der Waals surface area contributed by atoms with Crippen LogP contribution in [0.1, 0.15) is 83.3 Å². The maximum absolute atomic E-state index is 13.8. The zero-order valence-corrected chi connectivity index (χ0v) is 25.9. The highest BCUT2D eigenvalue weighted by Gasteiger charge is 2.59. The maximum atomic E-state index is 13.8. The summed E-state index contributed by atoms with van der Waals surface area (Å²) in [6.45, 7) is 8.42. The molecular formula is C35H50N2O4. The lowest BCUT2D eigenvalue weighted by atomic mass is 9.55. The second kappa shape index (κ2) is 14.0. The fourth-order valence-corrected chi connectivity index (χ4v) is 7.38. The van der Waals surface area contributed by atoms with Gasteiger partial charge in [0.2, 0.25) is 5.91 Å². The number of rotatable bonds is 12. The molecule has 1 saturated carbocycles. The van der Waals surface area contributed by atoms with Crippen LogP contribution in [0.15, 0.2) is 54.6 Å². The highest BCUT2D eigenvalue weighted by atomic mass is 16.5. The molecule has 1 aliphatic carbocycles. The summed E-state index contributed by atoms with van der Waals surface area (Å²) in [6.07, 6.45) is 8.36. The molecule has 1 aliphatic heterocycles. The summed E-state index contributed by atoms with van der Waals surface area (Å²) in [4.78, 5) is 30.2. The number of hydrogen-bond donors (Lipinski definition) is 0. The molecule has 0 radical (unpaired) electrons. The van der Waals surface area contributed by atoms with E-state index in [0.717, 1.165) is 76.6 Å². The van der Waals surface area contributed by atoms with E-state index in [1.54, 1.807) is 0 Å². The van der Waals surface area contributed by atoms with Gasteiger partial charge in [0.25, 0.3) is 0 Å². The van der Waals surface area contributed by atoms with Crippen LogP contribution in [0.25, 0.3) is 0 Å². The topological polar surface area (TPSA) is 59.1 Å². The highest BCUT2D eigenvalue weighted by Crippen LogP contribution is 2.54. The van der Waals surface area contributed by atoms with E-state index in [4.69, 9.17) is 9.47 Å². The molecule has 0 bridgehead atoms. The van der Waals surface area contributed by atoms with Gasteiger partial charge < -0.3 is 19.3 Å². The van der Waals surface area contributed by atoms with Crippen molar-refractivity contribution in [3.05, 3.63) is 65.7 Å². The standard InChI is InChI=1S/C35H50N2O4/c1-27(2)25-37(33(39)18-11-7-10-15-29-13-8-6-9-14-29)31-19-20-35(40-5)26-36(4)22-21-34(35,24-31)30-16-12-17-32(23-30)41-28(3)38/h6,8-9,12-14,16-17,23,27,31H,7,10-11,15,18-22,24-26H2,1-5H3/t31-,34+,35+/m1/s1. The molecule has 2 aromatic carbocycles. The van der Waals surface area contributed by atoms with Crippen molar-refractivity contribution < 1.29 is 19.1 Å². The minimum atomic E-state index is -0.366. The van der Waals surface area contributed by atoms with Crippen LogP contribution in [-0.4, -0.2) is 67.1 Å². The molecule has 6 nitrogen and oxygen atoms in total. The number of piperidine rings is 1. The van der Waals surface area contributed by atoms with Crippen molar-refractivity contribution >= 4 is 11.9 Å². The first-order valence-electron chi connectivity index (χ1n) is 15.5. The Morgan fingerprint density at radius 3 is 2.54 bits per heavy atom. The zero-order chi connectivity index (χ0) is 29.5. The van der Waals surface area contributed by atoms with Crippen LogP contribution in [0.2, 0.25) is 0 Å². The third kappa shape index (κ3) is 7.39. The van der Waals surface area contributed by atoms with E-state index in [9.17, 15) is 9.59 Å². The SMILES string of the molecule is CO[C@]12CC[C@@H](N(CC(C)C)C(=O)CCCCCc3ccccc3)C[C@]1(c1cccc(OC(C)=O)c1)CCN(C)C2. The number of aryl methyl sites for hydroxylation is 1. The molecule has 2 aromatic rings. The number of carbonyl (C=O) groups excluding carboxylic acids is 2. The molecule has 4 rings (SSSR count). The Morgan fingerprint density at radius 2 is 1.83 bits per heavy atom. The van der Waals surface area contributed by atoms with Crippen molar-refractivity contribution in [2.75, 3.05) is 33.8 Å². The van der Waals surface area contributed by atoms with Crippen molar-refractivity contribution in [3.8, 4) is 5.75 Å². The van der Waals surface area contributed by atoms with Gasteiger partial charge in [0, 0.05) is 45.0 Å². The maximum Gasteiger partial charge on any atom is 0.308 e. The first-order valence-corrected chi connectivity index (χ1v) is 15.5. The van der Waals surface area contributed by atoms with Gasteiger partial charge >= 0.3 is 5.97 Å². The third-order valence-electron chi connectivity index (χ3n) is 9.34. The van der Waals surface area contributed by atoms with Gasteiger partial charge in [-0.25, -0.2) is 0 Å². The number of carbonyl (C=O) groups is 2. The predicted molar refractivity (Wildman–Crippen MR) is 164 cm³/mol. The van der Waals surface area contributed by atoms with Crippen molar-refractivity contribution in [1.29, 1.82) is 0 Å². The van der Waals surface area contributed by atoms with E-state index in [1.807, 2.05) is 25.3 Å². The van der Waals surface area contributed by atoms with E-state index in [0.29, 0.717) is 18.1 Å². The van der Waals surface area contributed by atoms with Crippen molar-refractivity contribution in [3.63, 3.8) is 0 Å². The van der Waals surface area contributed by atoms with E-state index < -0.39 is 0 Å². The van der Waals surface area contributed by atoms with Gasteiger partial charge in [-0.2, -0.15) is 0 Å². The van der Waals surface area contributed by atoms with Crippen molar-refractivity contribution in [1.82, 2.24) is 9.80 Å². The number of nitrogens with zero attached hydrogens (tertiary/aromatic N) is 2. The van der Waals surface area contributed by atoms with Crippen molar-refractivity contribution in [2.24, 2.45) is 5.92 Å². The van der Waals surface area contributed by atoms with Gasteiger partial charge in [0.05, 0.1) is 5.60 Å². The lowest BCUT2D eigenvalue weighted by Crippen LogP contribution is -2.67. The lowest BCUT2D eigenvalue weighted by molar-refractivity contribution is -0.160. The van der Waals surface area contributed by atoms with Gasteiger partial charge in [-0.1, -0.05) is 62.7 Å². The van der Waals surface area contributed by atoms with E-state index in [2.05, 4.69) is 67.1 Å². The number of methoxy groups -OCH3 is 1. The summed E-state index contributed by atoms with van der Waals surface area (Å²) in [7, 11) is 4.01. The van der Waals surface area contributed by atoms with Crippen LogP contribution in [0.5, 0.6) is 5.75 Å². The van der Waals surface area contributed by atoms with Gasteiger partial charge in [-0.15, -0.1) is 0 Å². The normalized spacial score (nSPS) is 24.6. The number of benzene rings is 2. The van der Waals surface area contributed by atoms with Gasteiger partial charge in [-0.05, 0) is 87.7 Å². The molecule has 3 atom stereocenters. The third-order valence-corrected chi connectivity index (χ3v) is 9.34. The minimum absolute atomic E-state index is 0.151. The van der Waals surface area contributed by atoms with Gasteiger partial charge in [0.15, 0.2) is 0 Å². The van der Waals surface area contributed by atoms with Gasteiger partial charge in [-0.3, -0.25) is 9.59 Å². The summed E-state index contributed by atoms with van der Waals surface area (Å²) >= 11 is 0. The Morgan fingerprint density at radius 1 is 1.05 bits per heavy atom. The molecule has 41 heavy (non-hydrogen) atoms. The highest BCUT2D eigenvalue weighted by molar-refractivity contribution is 5.76. The molecule has 0 aromatic heterocycles. The number of amides is 1. The van der Waals surface area contributed by atoms with Crippen LogP contribution >= 0.6 is 0 Å². The molecule has 0 N–H and O–H groups in total. The molecule has 1 heterocycles. The molecule has 6 heteroatoms. The van der Waals surface area contributed by atoms with Crippen LogP contribution in [0.3, 0.4) is 0 Å². The second-order valence-electron chi connectivity index (χ2n) is 12.8. The largest absolute Gasteiger partial charge is 0.427 e. The summed E-state index contributed by atoms with van der Waals surface area (Å²) in [5.41, 5.74) is 1.87. The van der Waals surface area contributed by atoms with E-state index in [-0.39, 0.29) is 28.9 Å². The Bertz CT molecular complexity index is 1150.